The lowest BCUT2D eigenvalue weighted by atomic mass is 10.0. The van der Waals surface area contributed by atoms with E-state index < -0.39 is 0 Å². The lowest BCUT2D eigenvalue weighted by molar-refractivity contribution is -0.118. The van der Waals surface area contributed by atoms with E-state index in [1.165, 1.54) is 0 Å². The average Bonchev–Trinajstić information content (AvgIpc) is 2.86. The summed E-state index contributed by atoms with van der Waals surface area (Å²) in [6.07, 6.45) is 1.78. The summed E-state index contributed by atoms with van der Waals surface area (Å²) < 4.78 is 0. The number of nitriles is 1. The van der Waals surface area contributed by atoms with Crippen molar-refractivity contribution in [3.05, 3.63) is 59.3 Å². The summed E-state index contributed by atoms with van der Waals surface area (Å²) in [6, 6.07) is 13.3. The molecule has 0 bridgehead atoms. The fourth-order valence-electron chi connectivity index (χ4n) is 4.47. The summed E-state index contributed by atoms with van der Waals surface area (Å²) >= 11 is 0. The second-order valence-corrected chi connectivity index (χ2v) is 8.35. The fraction of sp³-hybridized carbons (Fsp3) is 0.280. The molecule has 162 valence electrons. The van der Waals surface area contributed by atoms with Gasteiger partial charge < -0.3 is 15.1 Å². The summed E-state index contributed by atoms with van der Waals surface area (Å²) in [5.74, 6) is -0.270. The lowest BCUT2D eigenvalue weighted by Gasteiger charge is -2.31. The number of fused-ring (bicyclic) bond motifs is 2. The van der Waals surface area contributed by atoms with E-state index in [1.807, 2.05) is 52.1 Å². The molecule has 2 heterocycles. The van der Waals surface area contributed by atoms with Crippen molar-refractivity contribution in [3.8, 4) is 6.07 Å². The van der Waals surface area contributed by atoms with Crippen LogP contribution >= 0.6 is 0 Å². The number of amides is 2. The van der Waals surface area contributed by atoms with Crippen LogP contribution in [0.1, 0.15) is 30.0 Å². The number of nitrogens with one attached hydrogen (secondary N) is 1. The second-order valence-electron chi connectivity index (χ2n) is 8.35. The predicted octanol–water partition coefficient (Wildman–Crippen LogP) is 3.92. The molecule has 4 rings (SSSR count). The van der Waals surface area contributed by atoms with Crippen LogP contribution in [0.25, 0.3) is 10.9 Å². The summed E-state index contributed by atoms with van der Waals surface area (Å²) in [4.78, 5) is 33.7. The van der Waals surface area contributed by atoms with E-state index in [4.69, 9.17) is 0 Å². The number of hydrogen-bond acceptors (Lipinski definition) is 5. The molecule has 2 aromatic carbocycles. The number of nitrogens with zero attached hydrogens (tertiary/aromatic N) is 4. The second kappa shape index (κ2) is 8.31. The first-order valence-electron chi connectivity index (χ1n) is 10.5. The monoisotopic (exact) mass is 427 g/mol. The Labute approximate surface area is 187 Å². The maximum Gasteiger partial charge on any atom is 0.246 e. The number of benzene rings is 2. The molecule has 0 saturated heterocycles. The van der Waals surface area contributed by atoms with E-state index in [-0.39, 0.29) is 30.8 Å². The van der Waals surface area contributed by atoms with Crippen molar-refractivity contribution in [1.82, 2.24) is 4.98 Å². The molecule has 1 aliphatic heterocycles. The third-order valence-corrected chi connectivity index (χ3v) is 5.78. The molecule has 1 atom stereocenters. The molecule has 1 aromatic heterocycles. The van der Waals surface area contributed by atoms with Crippen molar-refractivity contribution in [2.24, 2.45) is 0 Å². The van der Waals surface area contributed by atoms with E-state index in [9.17, 15) is 14.9 Å². The van der Waals surface area contributed by atoms with Crippen LogP contribution in [0.3, 0.4) is 0 Å². The Morgan fingerprint density at radius 2 is 2.06 bits per heavy atom. The Hall–Kier alpha value is -3.92. The van der Waals surface area contributed by atoms with Crippen molar-refractivity contribution in [3.63, 3.8) is 0 Å². The van der Waals surface area contributed by atoms with Crippen molar-refractivity contribution >= 4 is 39.8 Å². The molecule has 1 unspecified atom stereocenters. The zero-order valence-corrected chi connectivity index (χ0v) is 18.6. The van der Waals surface area contributed by atoms with Crippen LogP contribution in [-0.4, -0.2) is 36.4 Å². The van der Waals surface area contributed by atoms with Gasteiger partial charge in [-0.25, -0.2) is 0 Å². The molecule has 1 aliphatic rings. The molecule has 32 heavy (non-hydrogen) atoms. The summed E-state index contributed by atoms with van der Waals surface area (Å²) in [6.45, 7) is 5.91. The first-order valence-corrected chi connectivity index (χ1v) is 10.5. The van der Waals surface area contributed by atoms with Crippen LogP contribution in [-0.2, 0) is 9.59 Å². The quantitative estimate of drug-likeness (QED) is 0.684. The van der Waals surface area contributed by atoms with Crippen LogP contribution in [0, 0.1) is 25.2 Å². The zero-order chi connectivity index (χ0) is 23.0. The molecule has 0 radical (unpaired) electrons. The van der Waals surface area contributed by atoms with Crippen LogP contribution in [0.2, 0.25) is 0 Å². The van der Waals surface area contributed by atoms with Crippen LogP contribution < -0.4 is 15.1 Å². The molecule has 0 spiro atoms. The molecule has 3 aromatic rings. The van der Waals surface area contributed by atoms with Gasteiger partial charge in [-0.1, -0.05) is 23.8 Å². The van der Waals surface area contributed by atoms with Crippen LogP contribution in [0.5, 0.6) is 0 Å². The minimum Gasteiger partial charge on any atom is -0.364 e. The maximum atomic E-state index is 13.5. The maximum absolute atomic E-state index is 13.5. The standard InChI is InChI=1S/C25H25N5O2/c1-15-9-16(2)24-19(10-15)25(18(12-26)13-27-24)29(4)14-23(32)30-17(3)11-22(31)28-20-7-5-6-8-21(20)30/h5-10,13,17H,11,14H2,1-4H3,(H,28,31). The Balaban J connectivity index is 1.74. The van der Waals surface area contributed by atoms with Gasteiger partial charge in [0.05, 0.1) is 34.7 Å². The fourth-order valence-corrected chi connectivity index (χ4v) is 4.47. The molecular weight excluding hydrogens is 402 g/mol. The number of carbonyl (C=O) groups is 2. The highest BCUT2D eigenvalue weighted by atomic mass is 16.2. The summed E-state index contributed by atoms with van der Waals surface area (Å²) in [7, 11) is 1.81. The largest absolute Gasteiger partial charge is 0.364 e. The van der Waals surface area contributed by atoms with Crippen molar-refractivity contribution < 1.29 is 9.59 Å². The van der Waals surface area contributed by atoms with Crippen LogP contribution in [0.4, 0.5) is 17.1 Å². The van der Waals surface area contributed by atoms with Crippen molar-refractivity contribution in [1.29, 1.82) is 5.26 Å². The first-order chi connectivity index (χ1) is 15.3. The molecule has 0 saturated carbocycles. The van der Waals surface area contributed by atoms with E-state index in [0.29, 0.717) is 22.6 Å². The highest BCUT2D eigenvalue weighted by Crippen LogP contribution is 2.33. The summed E-state index contributed by atoms with van der Waals surface area (Å²) in [5.41, 5.74) is 5.29. The average molecular weight is 428 g/mol. The number of anilines is 3. The molecule has 1 N–H and O–H groups in total. The van der Waals surface area contributed by atoms with Crippen molar-refractivity contribution in [2.75, 3.05) is 28.7 Å². The third kappa shape index (κ3) is 3.76. The van der Waals surface area contributed by atoms with Gasteiger partial charge in [0, 0.05) is 31.1 Å². The van der Waals surface area contributed by atoms with E-state index >= 15 is 0 Å². The van der Waals surface area contributed by atoms with Gasteiger partial charge in [0.25, 0.3) is 0 Å². The molecule has 0 fully saturated rings. The number of para-hydroxylation sites is 2. The van der Waals surface area contributed by atoms with E-state index in [0.717, 1.165) is 22.0 Å². The number of rotatable bonds is 3. The van der Waals surface area contributed by atoms with E-state index in [1.54, 1.807) is 22.1 Å². The number of hydrogen-bond donors (Lipinski definition) is 1. The zero-order valence-electron chi connectivity index (χ0n) is 18.6. The Morgan fingerprint density at radius 3 is 2.81 bits per heavy atom. The molecule has 2 amide bonds. The lowest BCUT2D eigenvalue weighted by Crippen LogP contribution is -2.44. The number of carbonyl (C=O) groups excluding carboxylic acids is 2. The number of aryl methyl sites for hydroxylation is 2. The smallest absolute Gasteiger partial charge is 0.246 e. The van der Waals surface area contributed by atoms with Gasteiger partial charge in [-0.3, -0.25) is 14.6 Å². The Bertz CT molecular complexity index is 1280. The highest BCUT2D eigenvalue weighted by Gasteiger charge is 2.30. The molecule has 0 aliphatic carbocycles. The minimum atomic E-state index is -0.298. The van der Waals surface area contributed by atoms with Crippen molar-refractivity contribution in [2.45, 2.75) is 33.2 Å². The highest BCUT2D eigenvalue weighted by molar-refractivity contribution is 6.06. The molecule has 7 nitrogen and oxygen atoms in total. The van der Waals surface area contributed by atoms with E-state index in [2.05, 4.69) is 22.4 Å². The van der Waals surface area contributed by atoms with Gasteiger partial charge in [-0.15, -0.1) is 0 Å². The molecule has 7 heteroatoms. The number of aromatic nitrogens is 1. The van der Waals surface area contributed by atoms with Gasteiger partial charge in [0.2, 0.25) is 11.8 Å². The SMILES string of the molecule is Cc1cc(C)c2ncc(C#N)c(N(C)CC(=O)N3c4ccccc4NC(=O)CC3C)c2c1. The van der Waals surface area contributed by atoms with Gasteiger partial charge in [-0.05, 0) is 44.5 Å². The van der Waals surface area contributed by atoms with Gasteiger partial charge in [0.1, 0.15) is 6.07 Å². The van der Waals surface area contributed by atoms with Gasteiger partial charge >= 0.3 is 0 Å². The minimum absolute atomic E-state index is 0.0493. The van der Waals surface area contributed by atoms with Gasteiger partial charge in [-0.2, -0.15) is 5.26 Å². The first kappa shape index (κ1) is 21.3. The number of likely N-dealkylation sites (N-methyl/N-ethyl adjacent to an activating group) is 1. The Morgan fingerprint density at radius 1 is 1.31 bits per heavy atom. The predicted molar refractivity (Wildman–Crippen MR) is 126 cm³/mol. The number of pyridine rings is 1. The third-order valence-electron chi connectivity index (χ3n) is 5.78. The van der Waals surface area contributed by atoms with Crippen LogP contribution in [0.15, 0.2) is 42.6 Å². The molecular formula is C25H25N5O2. The Kier molecular flexibility index (Phi) is 5.54. The normalized spacial score (nSPS) is 15.5. The topological polar surface area (TPSA) is 89.3 Å². The van der Waals surface area contributed by atoms with Gasteiger partial charge in [0.15, 0.2) is 0 Å². The summed E-state index contributed by atoms with van der Waals surface area (Å²) in [5, 5.41) is 13.5.